The maximum Gasteiger partial charge on any atom is 0.416 e. The van der Waals surface area contributed by atoms with Crippen LogP contribution in [0.15, 0.2) is 43.0 Å². The summed E-state index contributed by atoms with van der Waals surface area (Å²) >= 11 is 0. The highest BCUT2D eigenvalue weighted by atomic mass is 19.4. The summed E-state index contributed by atoms with van der Waals surface area (Å²) in [5.74, 6) is 0.161. The molecule has 2 aliphatic rings. The van der Waals surface area contributed by atoms with Crippen LogP contribution in [-0.2, 0) is 30.7 Å². The summed E-state index contributed by atoms with van der Waals surface area (Å²) < 4.78 is 89.7. The zero-order valence-corrected chi connectivity index (χ0v) is 25.3. The number of hydrogen-bond donors (Lipinski definition) is 0. The van der Waals surface area contributed by atoms with Crippen LogP contribution < -0.4 is 4.90 Å². The minimum absolute atomic E-state index is 0.0998. The molecule has 45 heavy (non-hydrogen) atoms. The molecule has 0 unspecified atom stereocenters. The van der Waals surface area contributed by atoms with Gasteiger partial charge >= 0.3 is 18.4 Å². The lowest BCUT2D eigenvalue weighted by molar-refractivity contribution is -0.143. The lowest BCUT2D eigenvalue weighted by Crippen LogP contribution is -2.57. The number of aryl methyl sites for hydroxylation is 1. The molecule has 0 radical (unpaired) electrons. The van der Waals surface area contributed by atoms with Gasteiger partial charge in [-0.1, -0.05) is 13.8 Å². The first-order valence-electron chi connectivity index (χ1n) is 15.1. The lowest BCUT2D eigenvalue weighted by atomic mass is 9.87. The van der Waals surface area contributed by atoms with Gasteiger partial charge in [-0.3, -0.25) is 4.68 Å². The Morgan fingerprint density at radius 2 is 1.49 bits per heavy atom. The summed E-state index contributed by atoms with van der Waals surface area (Å²) in [6.45, 7) is 3.58. The van der Waals surface area contributed by atoms with Gasteiger partial charge < -0.3 is 14.5 Å². The normalized spacial score (nSPS) is 21.0. The number of anilines is 1. The van der Waals surface area contributed by atoms with Gasteiger partial charge in [0.05, 0.1) is 17.3 Å². The van der Waals surface area contributed by atoms with E-state index in [-0.39, 0.29) is 54.4 Å². The Kier molecular flexibility index (Phi) is 9.31. The minimum Gasteiger partial charge on any atom is -0.446 e. The van der Waals surface area contributed by atoms with Crippen LogP contribution in [0, 0.1) is 0 Å². The second kappa shape index (κ2) is 12.9. The largest absolute Gasteiger partial charge is 0.446 e. The van der Waals surface area contributed by atoms with E-state index in [1.807, 2.05) is 13.8 Å². The van der Waals surface area contributed by atoms with Crippen LogP contribution in [0.2, 0.25) is 0 Å². The Balaban J connectivity index is 1.51. The van der Waals surface area contributed by atoms with Gasteiger partial charge in [0.15, 0.2) is 0 Å². The molecule has 1 saturated carbocycles. The lowest BCUT2D eigenvalue weighted by Gasteiger charge is -2.48. The predicted octanol–water partition coefficient (Wildman–Crippen LogP) is 7.63. The van der Waals surface area contributed by atoms with Crippen molar-refractivity contribution in [3.05, 3.63) is 59.7 Å². The van der Waals surface area contributed by atoms with E-state index in [0.717, 1.165) is 37.0 Å². The minimum atomic E-state index is -4.98. The second-order valence-electron chi connectivity index (χ2n) is 11.8. The third-order valence-electron chi connectivity index (χ3n) is 8.72. The average Bonchev–Trinajstić information content (AvgIpc) is 3.42. The van der Waals surface area contributed by atoms with Crippen LogP contribution in [0.25, 0.3) is 11.1 Å². The summed E-state index contributed by atoms with van der Waals surface area (Å²) in [6, 6.07) is 0.703. The number of amides is 1. The van der Waals surface area contributed by atoms with E-state index in [0.29, 0.717) is 31.2 Å². The number of likely N-dealkylation sites (tertiary alicyclic amines) is 1. The molecule has 0 bridgehead atoms. The molecule has 2 aromatic heterocycles. The van der Waals surface area contributed by atoms with Crippen LogP contribution >= 0.6 is 0 Å². The highest BCUT2D eigenvalue weighted by Gasteiger charge is 2.42. The van der Waals surface area contributed by atoms with E-state index in [4.69, 9.17) is 4.74 Å². The number of piperidine rings is 1. The SMILES string of the molecule is CC[C@@H]1C[C@H](N(Cc2cc(C(F)(F)F)cc(C(F)(F)F)c2)c2ncc(-c3cnn(C)c3)cn2)C[C@H](CC)N1C(=O)OC1CCC1. The van der Waals surface area contributed by atoms with E-state index in [9.17, 15) is 31.1 Å². The molecule has 0 N–H and O–H groups in total. The molecule has 1 aliphatic heterocycles. The molecule has 3 aromatic rings. The molecule has 3 heterocycles. The van der Waals surface area contributed by atoms with Crippen molar-refractivity contribution < 1.29 is 35.9 Å². The second-order valence-corrected chi connectivity index (χ2v) is 11.8. The van der Waals surface area contributed by atoms with Gasteiger partial charge in [0, 0.05) is 61.4 Å². The van der Waals surface area contributed by atoms with Crippen LogP contribution in [-0.4, -0.2) is 55.0 Å². The van der Waals surface area contributed by atoms with E-state index in [1.165, 1.54) is 0 Å². The highest BCUT2D eigenvalue weighted by molar-refractivity contribution is 5.69. The number of rotatable bonds is 8. The zero-order chi connectivity index (χ0) is 32.5. The highest BCUT2D eigenvalue weighted by Crippen LogP contribution is 2.38. The quantitative estimate of drug-likeness (QED) is 0.236. The van der Waals surface area contributed by atoms with Gasteiger partial charge in [0.1, 0.15) is 6.10 Å². The molecule has 8 nitrogen and oxygen atoms in total. The van der Waals surface area contributed by atoms with Gasteiger partial charge in [0.25, 0.3) is 0 Å². The predicted molar refractivity (Wildman–Crippen MR) is 154 cm³/mol. The fraction of sp³-hybridized carbons (Fsp3) is 0.548. The number of nitrogens with zero attached hydrogens (tertiary/aromatic N) is 6. The molecule has 1 saturated heterocycles. The standard InChI is InChI=1S/C31H36F6N6O2/c1-4-24-12-26(13-25(5-2)43(24)29(44)45-27-7-6-8-27)42(28-38-14-20(15-39-28)21-16-40-41(3)18-21)17-19-9-22(30(32,33)34)11-23(10-19)31(35,36)37/h9-11,14-16,18,24-27H,4-8,12-13,17H2,1-3H3/t24-,25+,26+. The number of carbonyl (C=O) groups is 1. The number of carbonyl (C=O) groups excluding carboxylic acids is 1. The molecule has 1 amide bonds. The summed E-state index contributed by atoms with van der Waals surface area (Å²) in [5, 5.41) is 4.14. The van der Waals surface area contributed by atoms with Crippen molar-refractivity contribution in [2.45, 2.75) is 102 Å². The van der Waals surface area contributed by atoms with Crippen LogP contribution in [0.4, 0.5) is 37.1 Å². The van der Waals surface area contributed by atoms with Gasteiger partial charge in [-0.05, 0) is 68.7 Å². The molecule has 5 rings (SSSR count). The van der Waals surface area contributed by atoms with Crippen molar-refractivity contribution in [3.8, 4) is 11.1 Å². The van der Waals surface area contributed by atoms with Crippen molar-refractivity contribution >= 4 is 12.0 Å². The number of aromatic nitrogens is 4. The maximum atomic E-state index is 13.7. The molecular weight excluding hydrogens is 602 g/mol. The molecule has 14 heteroatoms. The summed E-state index contributed by atoms with van der Waals surface area (Å²) in [6.07, 6.45) is 0.730. The Labute approximate surface area is 257 Å². The van der Waals surface area contributed by atoms with Crippen molar-refractivity contribution in [2.24, 2.45) is 7.05 Å². The van der Waals surface area contributed by atoms with E-state index in [1.54, 1.807) is 46.3 Å². The number of alkyl halides is 6. The van der Waals surface area contributed by atoms with E-state index >= 15 is 0 Å². The summed E-state index contributed by atoms with van der Waals surface area (Å²) in [5.41, 5.74) is -1.54. The third kappa shape index (κ3) is 7.36. The Morgan fingerprint density at radius 3 is 1.93 bits per heavy atom. The molecule has 1 aromatic carbocycles. The number of hydrogen-bond acceptors (Lipinski definition) is 6. The van der Waals surface area contributed by atoms with Crippen molar-refractivity contribution in [1.29, 1.82) is 0 Å². The Bertz CT molecular complexity index is 1420. The van der Waals surface area contributed by atoms with Crippen molar-refractivity contribution in [1.82, 2.24) is 24.6 Å². The van der Waals surface area contributed by atoms with Crippen molar-refractivity contribution in [2.75, 3.05) is 4.90 Å². The molecule has 2 fully saturated rings. The van der Waals surface area contributed by atoms with Crippen molar-refractivity contribution in [3.63, 3.8) is 0 Å². The summed E-state index contributed by atoms with van der Waals surface area (Å²) in [4.78, 5) is 25.7. The molecule has 1 aliphatic carbocycles. The van der Waals surface area contributed by atoms with Gasteiger partial charge in [-0.15, -0.1) is 0 Å². The Morgan fingerprint density at radius 1 is 0.911 bits per heavy atom. The fourth-order valence-electron chi connectivity index (χ4n) is 6.08. The zero-order valence-electron chi connectivity index (χ0n) is 25.3. The molecular formula is C31H36F6N6O2. The molecule has 0 spiro atoms. The number of halogens is 6. The van der Waals surface area contributed by atoms with Crippen LogP contribution in [0.5, 0.6) is 0 Å². The topological polar surface area (TPSA) is 76.4 Å². The molecule has 3 atom stereocenters. The smallest absolute Gasteiger partial charge is 0.416 e. The number of benzene rings is 1. The first-order chi connectivity index (χ1) is 21.3. The maximum absolute atomic E-state index is 13.7. The number of ether oxygens (including phenoxy) is 1. The van der Waals surface area contributed by atoms with Crippen LogP contribution in [0.3, 0.4) is 0 Å². The Hall–Kier alpha value is -3.84. The first kappa shape index (κ1) is 32.6. The van der Waals surface area contributed by atoms with Gasteiger partial charge in [0.2, 0.25) is 5.95 Å². The van der Waals surface area contributed by atoms with Crippen LogP contribution in [0.1, 0.15) is 75.5 Å². The first-order valence-corrected chi connectivity index (χ1v) is 15.1. The van der Waals surface area contributed by atoms with Gasteiger partial charge in [-0.25, -0.2) is 14.8 Å². The monoisotopic (exact) mass is 638 g/mol. The average molecular weight is 639 g/mol. The van der Waals surface area contributed by atoms with E-state index in [2.05, 4.69) is 15.1 Å². The third-order valence-corrected chi connectivity index (χ3v) is 8.72. The summed E-state index contributed by atoms with van der Waals surface area (Å²) in [7, 11) is 1.76. The fourth-order valence-corrected chi connectivity index (χ4v) is 6.08. The van der Waals surface area contributed by atoms with E-state index < -0.39 is 23.5 Å². The molecule has 244 valence electrons. The van der Waals surface area contributed by atoms with Gasteiger partial charge in [-0.2, -0.15) is 31.4 Å².